The van der Waals surface area contributed by atoms with Gasteiger partial charge in [-0.25, -0.2) is 9.59 Å². The standard InChI is InChI=1S/C13H15NO5/c1-2-17-11-8(4-3-5-9(11)14)12(15)19-10-6-7-18-13(10)16/h3-5,10H,2,6-7,14H2,1H3. The number of nitrogens with two attached hydrogens (primary N) is 1. The number of hydrogen-bond donors (Lipinski definition) is 1. The third kappa shape index (κ3) is 2.78. The number of cyclic esters (lactones) is 1. The van der Waals surface area contributed by atoms with E-state index in [9.17, 15) is 9.59 Å². The smallest absolute Gasteiger partial charge is 0.347 e. The van der Waals surface area contributed by atoms with Gasteiger partial charge in [-0.2, -0.15) is 0 Å². The second-order valence-corrected chi connectivity index (χ2v) is 4.01. The molecular formula is C13H15NO5. The third-order valence-corrected chi connectivity index (χ3v) is 2.69. The van der Waals surface area contributed by atoms with Crippen LogP contribution in [0.5, 0.6) is 5.75 Å². The van der Waals surface area contributed by atoms with E-state index in [1.165, 1.54) is 0 Å². The van der Waals surface area contributed by atoms with E-state index in [1.54, 1.807) is 25.1 Å². The summed E-state index contributed by atoms with van der Waals surface area (Å²) in [5.74, 6) is -0.879. The molecule has 6 nitrogen and oxygen atoms in total. The van der Waals surface area contributed by atoms with Crippen molar-refractivity contribution < 1.29 is 23.8 Å². The first-order chi connectivity index (χ1) is 9.13. The largest absolute Gasteiger partial charge is 0.491 e. The molecule has 1 heterocycles. The predicted octanol–water partition coefficient (Wildman–Crippen LogP) is 1.14. The summed E-state index contributed by atoms with van der Waals surface area (Å²) in [6.45, 7) is 2.43. The van der Waals surface area contributed by atoms with Crippen LogP contribution in [0.3, 0.4) is 0 Å². The number of para-hydroxylation sites is 1. The fourth-order valence-electron chi connectivity index (χ4n) is 1.80. The second-order valence-electron chi connectivity index (χ2n) is 4.01. The lowest BCUT2D eigenvalue weighted by molar-refractivity contribution is -0.145. The topological polar surface area (TPSA) is 87.8 Å². The highest BCUT2D eigenvalue weighted by Crippen LogP contribution is 2.27. The van der Waals surface area contributed by atoms with Crippen LogP contribution in [0.2, 0.25) is 0 Å². The van der Waals surface area contributed by atoms with Crippen LogP contribution in [-0.2, 0) is 14.3 Å². The summed E-state index contributed by atoms with van der Waals surface area (Å²) in [6.07, 6.45) is -0.472. The van der Waals surface area contributed by atoms with E-state index < -0.39 is 18.0 Å². The Labute approximate surface area is 110 Å². The molecular weight excluding hydrogens is 250 g/mol. The summed E-state index contributed by atoms with van der Waals surface area (Å²) < 4.78 is 15.2. The number of anilines is 1. The van der Waals surface area contributed by atoms with Crippen LogP contribution in [0.1, 0.15) is 23.7 Å². The van der Waals surface area contributed by atoms with Crippen molar-refractivity contribution in [3.05, 3.63) is 23.8 Å². The maximum atomic E-state index is 12.0. The van der Waals surface area contributed by atoms with Crippen molar-refractivity contribution >= 4 is 17.6 Å². The lowest BCUT2D eigenvalue weighted by atomic mass is 10.1. The molecule has 6 heteroatoms. The van der Waals surface area contributed by atoms with Crippen molar-refractivity contribution in [3.8, 4) is 5.75 Å². The second kappa shape index (κ2) is 5.60. The fourth-order valence-corrected chi connectivity index (χ4v) is 1.80. The Kier molecular flexibility index (Phi) is 3.89. The van der Waals surface area contributed by atoms with Gasteiger partial charge in [0.15, 0.2) is 5.75 Å². The highest BCUT2D eigenvalue weighted by molar-refractivity contribution is 5.96. The van der Waals surface area contributed by atoms with Crippen molar-refractivity contribution in [3.63, 3.8) is 0 Å². The van der Waals surface area contributed by atoms with Crippen molar-refractivity contribution in [2.24, 2.45) is 0 Å². The number of benzene rings is 1. The van der Waals surface area contributed by atoms with Gasteiger partial charge in [-0.05, 0) is 19.1 Å². The van der Waals surface area contributed by atoms with Crippen molar-refractivity contribution in [1.82, 2.24) is 0 Å². The Morgan fingerprint density at radius 1 is 1.53 bits per heavy atom. The number of ether oxygens (including phenoxy) is 3. The molecule has 0 amide bonds. The first-order valence-electron chi connectivity index (χ1n) is 6.02. The van der Waals surface area contributed by atoms with Gasteiger partial charge in [-0.1, -0.05) is 6.07 Å². The van der Waals surface area contributed by atoms with Crippen LogP contribution >= 0.6 is 0 Å². The highest BCUT2D eigenvalue weighted by atomic mass is 16.6. The van der Waals surface area contributed by atoms with Gasteiger partial charge < -0.3 is 19.9 Å². The molecule has 19 heavy (non-hydrogen) atoms. The molecule has 1 fully saturated rings. The zero-order valence-electron chi connectivity index (χ0n) is 10.5. The van der Waals surface area contributed by atoms with Crippen LogP contribution < -0.4 is 10.5 Å². The summed E-state index contributed by atoms with van der Waals surface area (Å²) >= 11 is 0. The lowest BCUT2D eigenvalue weighted by Gasteiger charge is -2.13. The molecule has 0 aliphatic carbocycles. The van der Waals surface area contributed by atoms with Gasteiger partial charge in [-0.15, -0.1) is 0 Å². The van der Waals surface area contributed by atoms with E-state index in [4.69, 9.17) is 19.9 Å². The molecule has 0 radical (unpaired) electrons. The Bertz CT molecular complexity index is 500. The Balaban J connectivity index is 2.18. The summed E-state index contributed by atoms with van der Waals surface area (Å²) in [5.41, 5.74) is 6.32. The van der Waals surface area contributed by atoms with Crippen molar-refractivity contribution in [2.45, 2.75) is 19.4 Å². The molecule has 102 valence electrons. The number of rotatable bonds is 4. The first-order valence-corrected chi connectivity index (χ1v) is 6.02. The van der Waals surface area contributed by atoms with Gasteiger partial charge >= 0.3 is 11.9 Å². The molecule has 1 unspecified atom stereocenters. The van der Waals surface area contributed by atoms with Crippen LogP contribution in [0.25, 0.3) is 0 Å². The Morgan fingerprint density at radius 3 is 2.95 bits per heavy atom. The molecule has 1 aliphatic rings. The molecule has 0 spiro atoms. The van der Waals surface area contributed by atoms with Gasteiger partial charge in [0, 0.05) is 6.42 Å². The average molecular weight is 265 g/mol. The van der Waals surface area contributed by atoms with Gasteiger partial charge in [-0.3, -0.25) is 0 Å². The molecule has 1 aromatic carbocycles. The van der Waals surface area contributed by atoms with Crippen molar-refractivity contribution in [1.29, 1.82) is 0 Å². The zero-order chi connectivity index (χ0) is 13.8. The van der Waals surface area contributed by atoms with E-state index in [1.807, 2.05) is 0 Å². The first kappa shape index (κ1) is 13.2. The van der Waals surface area contributed by atoms with E-state index >= 15 is 0 Å². The van der Waals surface area contributed by atoms with Crippen LogP contribution in [0.4, 0.5) is 5.69 Å². The maximum Gasteiger partial charge on any atom is 0.347 e. The number of carbonyl (C=O) groups excluding carboxylic acids is 2. The normalized spacial score (nSPS) is 17.9. The molecule has 1 atom stereocenters. The number of hydrogen-bond acceptors (Lipinski definition) is 6. The molecule has 0 aromatic heterocycles. The highest BCUT2D eigenvalue weighted by Gasteiger charge is 2.31. The monoisotopic (exact) mass is 265 g/mol. The Morgan fingerprint density at radius 2 is 2.32 bits per heavy atom. The maximum absolute atomic E-state index is 12.0. The SMILES string of the molecule is CCOc1c(N)cccc1C(=O)OC1CCOC1=O. The van der Waals surface area contributed by atoms with Gasteiger partial charge in [0.05, 0.1) is 18.9 Å². The third-order valence-electron chi connectivity index (χ3n) is 2.69. The number of nitrogen functional groups attached to an aromatic ring is 1. The minimum absolute atomic E-state index is 0.210. The molecule has 1 aromatic rings. The average Bonchev–Trinajstić information content (AvgIpc) is 2.78. The fraction of sp³-hybridized carbons (Fsp3) is 0.385. The molecule has 2 N–H and O–H groups in total. The number of esters is 2. The summed E-state index contributed by atoms with van der Waals surface area (Å²) in [7, 11) is 0. The van der Waals surface area contributed by atoms with E-state index in [0.29, 0.717) is 18.7 Å². The summed E-state index contributed by atoms with van der Waals surface area (Å²) in [4.78, 5) is 23.3. The van der Waals surface area contributed by atoms with E-state index in [0.717, 1.165) is 0 Å². The predicted molar refractivity (Wildman–Crippen MR) is 66.8 cm³/mol. The zero-order valence-corrected chi connectivity index (χ0v) is 10.5. The van der Waals surface area contributed by atoms with Crippen LogP contribution in [0.15, 0.2) is 18.2 Å². The summed E-state index contributed by atoms with van der Waals surface area (Å²) in [6, 6.07) is 4.80. The molecule has 0 bridgehead atoms. The molecule has 0 saturated carbocycles. The van der Waals surface area contributed by atoms with Crippen LogP contribution in [0, 0.1) is 0 Å². The van der Waals surface area contributed by atoms with Crippen molar-refractivity contribution in [2.75, 3.05) is 18.9 Å². The van der Waals surface area contributed by atoms with Gasteiger partial charge in [0.2, 0.25) is 6.10 Å². The van der Waals surface area contributed by atoms with E-state index in [-0.39, 0.29) is 17.9 Å². The molecule has 1 saturated heterocycles. The van der Waals surface area contributed by atoms with E-state index in [2.05, 4.69) is 0 Å². The summed E-state index contributed by atoms with van der Waals surface area (Å²) in [5, 5.41) is 0. The molecule has 1 aliphatic heterocycles. The van der Waals surface area contributed by atoms with Gasteiger partial charge in [0.1, 0.15) is 5.56 Å². The quantitative estimate of drug-likeness (QED) is 0.648. The lowest BCUT2D eigenvalue weighted by Crippen LogP contribution is -2.23. The van der Waals surface area contributed by atoms with Crippen LogP contribution in [-0.4, -0.2) is 31.3 Å². The molecule has 2 rings (SSSR count). The minimum atomic E-state index is -0.844. The Hall–Kier alpha value is -2.24. The minimum Gasteiger partial charge on any atom is -0.491 e. The number of carbonyl (C=O) groups is 2. The van der Waals surface area contributed by atoms with Gasteiger partial charge in [0.25, 0.3) is 0 Å².